The molecule has 0 unspecified atom stereocenters. The molecule has 3 N–H and O–H groups in total. The molecule has 0 saturated carbocycles. The Kier molecular flexibility index (Phi) is 3.84. The summed E-state index contributed by atoms with van der Waals surface area (Å²) < 4.78 is 4.94. The van der Waals surface area contributed by atoms with Gasteiger partial charge in [-0.3, -0.25) is 0 Å². The number of rotatable bonds is 4. The minimum Gasteiger partial charge on any atom is -0.467 e. The minimum absolute atomic E-state index is 0.277. The zero-order valence-corrected chi connectivity index (χ0v) is 10.6. The summed E-state index contributed by atoms with van der Waals surface area (Å²) in [6, 6.07) is 7.85. The van der Waals surface area contributed by atoms with E-state index in [9.17, 15) is 0 Å². The van der Waals surface area contributed by atoms with E-state index in [1.54, 1.807) is 0 Å². The van der Waals surface area contributed by atoms with Crippen molar-refractivity contribution in [3.63, 3.8) is 0 Å². The number of hydrogen-bond donors (Lipinski definition) is 2. The van der Waals surface area contributed by atoms with Crippen LogP contribution >= 0.6 is 11.6 Å². The van der Waals surface area contributed by atoms with Crippen molar-refractivity contribution in [2.45, 2.75) is 6.54 Å². The summed E-state index contributed by atoms with van der Waals surface area (Å²) in [5.74, 6) is 0.542. The first-order valence-electron chi connectivity index (χ1n) is 5.34. The molecule has 0 aliphatic heterocycles. The average molecular weight is 265 g/mol. The van der Waals surface area contributed by atoms with Gasteiger partial charge in [0.1, 0.15) is 5.02 Å². The van der Waals surface area contributed by atoms with E-state index in [1.807, 2.05) is 24.3 Å². The van der Waals surface area contributed by atoms with E-state index in [0.717, 1.165) is 11.3 Å². The predicted molar refractivity (Wildman–Crippen MR) is 71.8 cm³/mol. The van der Waals surface area contributed by atoms with Crippen molar-refractivity contribution in [3.05, 3.63) is 41.0 Å². The van der Waals surface area contributed by atoms with Crippen molar-refractivity contribution >= 4 is 23.1 Å². The van der Waals surface area contributed by atoms with Crippen molar-refractivity contribution in [2.24, 2.45) is 0 Å². The highest BCUT2D eigenvalue weighted by Gasteiger charge is 2.05. The summed E-state index contributed by atoms with van der Waals surface area (Å²) in [7, 11) is 1.51. The maximum Gasteiger partial charge on any atom is 0.318 e. The first-order chi connectivity index (χ1) is 8.69. The number of hydrogen-bond acceptors (Lipinski definition) is 5. The van der Waals surface area contributed by atoms with Crippen LogP contribution in [0, 0.1) is 0 Å². The van der Waals surface area contributed by atoms with Crippen LogP contribution in [-0.2, 0) is 6.54 Å². The number of aromatic nitrogens is 2. The molecule has 0 amide bonds. The predicted octanol–water partition coefficient (Wildman–Crippen LogP) is 2.33. The van der Waals surface area contributed by atoms with Crippen molar-refractivity contribution in [1.29, 1.82) is 0 Å². The van der Waals surface area contributed by atoms with Crippen LogP contribution in [0.4, 0.5) is 11.5 Å². The molecule has 5 nitrogen and oxygen atoms in total. The van der Waals surface area contributed by atoms with Gasteiger partial charge in [-0.25, -0.2) is 4.98 Å². The van der Waals surface area contributed by atoms with Crippen LogP contribution in [0.5, 0.6) is 6.01 Å². The number of methoxy groups -OCH3 is 1. The fourth-order valence-electron chi connectivity index (χ4n) is 1.39. The second-order valence-corrected chi connectivity index (χ2v) is 4.06. The molecule has 0 aliphatic carbocycles. The number of nitrogens with one attached hydrogen (secondary N) is 1. The topological polar surface area (TPSA) is 73.1 Å². The molecule has 1 aromatic heterocycles. The van der Waals surface area contributed by atoms with Gasteiger partial charge in [0.15, 0.2) is 5.82 Å². The third-order valence-electron chi connectivity index (χ3n) is 2.34. The smallest absolute Gasteiger partial charge is 0.318 e. The van der Waals surface area contributed by atoms with Crippen LogP contribution in [0.25, 0.3) is 0 Å². The summed E-state index contributed by atoms with van der Waals surface area (Å²) in [5.41, 5.74) is 7.44. The standard InChI is InChI=1S/C12H13ClN4O/c1-18-12-16-7-10(13)11(17-12)15-6-8-2-4-9(14)5-3-8/h2-5,7H,6,14H2,1H3,(H,15,16,17). The van der Waals surface area contributed by atoms with Gasteiger partial charge >= 0.3 is 6.01 Å². The Morgan fingerprint density at radius 3 is 2.72 bits per heavy atom. The number of benzene rings is 1. The first-order valence-corrected chi connectivity index (χ1v) is 5.71. The number of nitrogen functional groups attached to an aromatic ring is 1. The Morgan fingerprint density at radius 2 is 2.06 bits per heavy atom. The summed E-state index contributed by atoms with van der Waals surface area (Å²) >= 11 is 5.98. The van der Waals surface area contributed by atoms with Crippen LogP contribution in [0.1, 0.15) is 5.56 Å². The molecular weight excluding hydrogens is 252 g/mol. The molecule has 1 aromatic carbocycles. The summed E-state index contributed by atoms with van der Waals surface area (Å²) in [6.07, 6.45) is 1.50. The van der Waals surface area contributed by atoms with Crippen molar-refractivity contribution in [2.75, 3.05) is 18.2 Å². The molecule has 2 aromatic rings. The van der Waals surface area contributed by atoms with Gasteiger partial charge < -0.3 is 15.8 Å². The van der Waals surface area contributed by atoms with Gasteiger partial charge in [-0.2, -0.15) is 4.98 Å². The first kappa shape index (κ1) is 12.4. The van der Waals surface area contributed by atoms with Crippen LogP contribution in [0.3, 0.4) is 0 Å². The van der Waals surface area contributed by atoms with Gasteiger partial charge in [-0.15, -0.1) is 0 Å². The molecule has 0 atom stereocenters. The molecule has 0 bridgehead atoms. The van der Waals surface area contributed by atoms with Crippen molar-refractivity contribution in [3.8, 4) is 6.01 Å². The van der Waals surface area contributed by atoms with Gasteiger partial charge in [0.05, 0.1) is 13.3 Å². The van der Waals surface area contributed by atoms with E-state index in [1.165, 1.54) is 13.3 Å². The Morgan fingerprint density at radius 1 is 1.33 bits per heavy atom. The number of nitrogens with two attached hydrogens (primary N) is 1. The second kappa shape index (κ2) is 5.55. The fourth-order valence-corrected chi connectivity index (χ4v) is 1.55. The van der Waals surface area contributed by atoms with E-state index in [4.69, 9.17) is 22.1 Å². The van der Waals surface area contributed by atoms with Gasteiger partial charge in [-0.05, 0) is 17.7 Å². The molecule has 0 aliphatic rings. The lowest BCUT2D eigenvalue weighted by Crippen LogP contribution is -2.04. The lowest BCUT2D eigenvalue weighted by atomic mass is 10.2. The van der Waals surface area contributed by atoms with Gasteiger partial charge in [0.2, 0.25) is 0 Å². The summed E-state index contributed by atoms with van der Waals surface area (Å²) in [4.78, 5) is 8.02. The molecule has 2 rings (SSSR count). The normalized spacial score (nSPS) is 10.1. The summed E-state index contributed by atoms with van der Waals surface area (Å²) in [5, 5.41) is 3.57. The van der Waals surface area contributed by atoms with E-state index >= 15 is 0 Å². The summed E-state index contributed by atoms with van der Waals surface area (Å²) in [6.45, 7) is 0.597. The Balaban J connectivity index is 2.07. The fraction of sp³-hybridized carbons (Fsp3) is 0.167. The Hall–Kier alpha value is -2.01. The third-order valence-corrected chi connectivity index (χ3v) is 2.62. The molecule has 18 heavy (non-hydrogen) atoms. The molecule has 0 saturated heterocycles. The highest BCUT2D eigenvalue weighted by molar-refractivity contribution is 6.32. The number of anilines is 2. The van der Waals surface area contributed by atoms with Crippen molar-refractivity contribution < 1.29 is 4.74 Å². The van der Waals surface area contributed by atoms with Gasteiger partial charge in [0.25, 0.3) is 0 Å². The minimum atomic E-state index is 0.277. The van der Waals surface area contributed by atoms with Gasteiger partial charge in [-0.1, -0.05) is 23.7 Å². The maximum absolute atomic E-state index is 5.98. The van der Waals surface area contributed by atoms with E-state index in [2.05, 4.69) is 15.3 Å². The highest BCUT2D eigenvalue weighted by atomic mass is 35.5. The largest absolute Gasteiger partial charge is 0.467 e. The highest BCUT2D eigenvalue weighted by Crippen LogP contribution is 2.20. The maximum atomic E-state index is 5.98. The van der Waals surface area contributed by atoms with E-state index in [-0.39, 0.29) is 6.01 Å². The molecule has 0 radical (unpaired) electrons. The van der Waals surface area contributed by atoms with E-state index < -0.39 is 0 Å². The Bertz CT molecular complexity index is 530. The SMILES string of the molecule is COc1ncc(Cl)c(NCc2ccc(N)cc2)n1. The number of nitrogens with zero attached hydrogens (tertiary/aromatic N) is 2. The van der Waals surface area contributed by atoms with Crippen LogP contribution in [0.15, 0.2) is 30.5 Å². The Labute approximate surface area is 110 Å². The van der Waals surface area contributed by atoms with Gasteiger partial charge in [0, 0.05) is 12.2 Å². The lowest BCUT2D eigenvalue weighted by Gasteiger charge is -2.08. The molecule has 0 spiro atoms. The quantitative estimate of drug-likeness (QED) is 0.829. The molecule has 0 fully saturated rings. The van der Waals surface area contributed by atoms with Crippen molar-refractivity contribution in [1.82, 2.24) is 9.97 Å². The molecule has 6 heteroatoms. The van der Waals surface area contributed by atoms with E-state index in [0.29, 0.717) is 17.4 Å². The second-order valence-electron chi connectivity index (χ2n) is 3.65. The number of halogens is 1. The molecular formula is C12H13ClN4O. The molecule has 94 valence electrons. The van der Waals surface area contributed by atoms with Crippen LogP contribution in [-0.4, -0.2) is 17.1 Å². The molecule has 1 heterocycles. The monoisotopic (exact) mass is 264 g/mol. The zero-order valence-electron chi connectivity index (χ0n) is 9.85. The zero-order chi connectivity index (χ0) is 13.0. The van der Waals surface area contributed by atoms with Crippen LogP contribution < -0.4 is 15.8 Å². The third kappa shape index (κ3) is 3.01. The average Bonchev–Trinajstić information content (AvgIpc) is 2.40. The van der Waals surface area contributed by atoms with Crippen LogP contribution in [0.2, 0.25) is 5.02 Å². The lowest BCUT2D eigenvalue weighted by molar-refractivity contribution is 0.380. The number of ether oxygens (including phenoxy) is 1.